The van der Waals surface area contributed by atoms with Gasteiger partial charge in [0.05, 0.1) is 11.2 Å². The molecule has 2 bridgehead atoms. The van der Waals surface area contributed by atoms with Crippen LogP contribution in [0.25, 0.3) is 16.6 Å². The van der Waals surface area contributed by atoms with E-state index in [0.717, 1.165) is 36.3 Å². The van der Waals surface area contributed by atoms with Gasteiger partial charge >= 0.3 is 6.18 Å². The predicted octanol–water partition coefficient (Wildman–Crippen LogP) is 6.09. The summed E-state index contributed by atoms with van der Waals surface area (Å²) in [5.41, 5.74) is 3.91. The summed E-state index contributed by atoms with van der Waals surface area (Å²) in [6.07, 6.45) is 2.92. The van der Waals surface area contributed by atoms with Gasteiger partial charge in [0.15, 0.2) is 0 Å². The number of nitrogens with one attached hydrogen (secondary N) is 1. The first-order chi connectivity index (χ1) is 18.3. The van der Waals surface area contributed by atoms with Gasteiger partial charge in [0.1, 0.15) is 18.1 Å². The molecule has 0 spiro atoms. The smallest absolute Gasteiger partial charge is 0.433 e. The van der Waals surface area contributed by atoms with Crippen LogP contribution in [0.1, 0.15) is 61.7 Å². The van der Waals surface area contributed by atoms with Crippen LogP contribution < -0.4 is 15.6 Å². The normalized spacial score (nSPS) is 18.5. The number of aryl methyl sites for hydroxylation is 1. The molecule has 200 valence electrons. The molecule has 6 rings (SSSR count). The SMILES string of the molecule is CC.Cn1c2c(c3ccc(-n4ccc(OCc5ccc(C(F)(F)F)nc5)cc4=O)cc31)C1CCCC(C2)N1. The summed E-state index contributed by atoms with van der Waals surface area (Å²) in [5.74, 6) is 0.338. The van der Waals surface area contributed by atoms with E-state index in [1.807, 2.05) is 26.0 Å². The molecule has 1 saturated heterocycles. The number of benzene rings is 1. The highest BCUT2D eigenvalue weighted by atomic mass is 19.4. The molecule has 0 saturated carbocycles. The summed E-state index contributed by atoms with van der Waals surface area (Å²) in [5, 5.41) is 5.00. The Morgan fingerprint density at radius 3 is 2.63 bits per heavy atom. The van der Waals surface area contributed by atoms with Gasteiger partial charge in [-0.2, -0.15) is 13.2 Å². The van der Waals surface area contributed by atoms with Crippen molar-refractivity contribution in [1.29, 1.82) is 0 Å². The van der Waals surface area contributed by atoms with E-state index in [4.69, 9.17) is 4.74 Å². The maximum absolute atomic E-state index is 12.9. The van der Waals surface area contributed by atoms with Crippen molar-refractivity contribution in [2.24, 2.45) is 7.05 Å². The van der Waals surface area contributed by atoms with Crippen LogP contribution in [0, 0.1) is 0 Å². The third-order valence-electron chi connectivity index (χ3n) is 7.31. The van der Waals surface area contributed by atoms with E-state index in [-0.39, 0.29) is 12.2 Å². The summed E-state index contributed by atoms with van der Waals surface area (Å²) >= 11 is 0. The Kier molecular flexibility index (Phi) is 7.05. The molecule has 3 aromatic heterocycles. The number of fused-ring (bicyclic) bond motifs is 6. The standard InChI is InChI=1S/C27H25F3N4O2.C2H6/c1-33-22-12-18(6-7-20(22)26-21-4-2-3-17(32-21)11-23(26)33)34-10-9-19(13-25(34)35)36-15-16-5-8-24(31-14-16)27(28,29)30;1-2/h5-10,12-14,17,21,32H,2-4,11,15H2,1H3;1-2H3. The molecule has 0 aliphatic carbocycles. The van der Waals surface area contributed by atoms with Crippen LogP contribution in [0.4, 0.5) is 13.2 Å². The fraction of sp³-hybridized carbons (Fsp3) is 0.379. The first-order valence-electron chi connectivity index (χ1n) is 13.0. The molecule has 38 heavy (non-hydrogen) atoms. The number of rotatable bonds is 4. The number of nitrogens with zero attached hydrogens (tertiary/aromatic N) is 3. The van der Waals surface area contributed by atoms with Gasteiger partial charge in [-0.1, -0.05) is 26.0 Å². The van der Waals surface area contributed by atoms with Gasteiger partial charge in [0.25, 0.3) is 5.56 Å². The largest absolute Gasteiger partial charge is 0.489 e. The molecule has 4 aromatic rings. The van der Waals surface area contributed by atoms with Gasteiger partial charge in [0.2, 0.25) is 0 Å². The van der Waals surface area contributed by atoms with Gasteiger partial charge in [-0.3, -0.25) is 14.3 Å². The molecule has 2 aliphatic rings. The summed E-state index contributed by atoms with van der Waals surface area (Å²) in [4.78, 5) is 16.3. The highest BCUT2D eigenvalue weighted by Crippen LogP contribution is 2.40. The van der Waals surface area contributed by atoms with Crippen LogP contribution in [0.2, 0.25) is 0 Å². The van der Waals surface area contributed by atoms with E-state index in [1.165, 1.54) is 41.6 Å². The van der Waals surface area contributed by atoms with Crippen LogP contribution in [-0.4, -0.2) is 20.2 Å². The summed E-state index contributed by atoms with van der Waals surface area (Å²) in [6, 6.07) is 12.3. The lowest BCUT2D eigenvalue weighted by Crippen LogP contribution is -2.42. The first-order valence-corrected chi connectivity index (χ1v) is 13.0. The van der Waals surface area contributed by atoms with Crippen LogP contribution >= 0.6 is 0 Å². The minimum absolute atomic E-state index is 0.00560. The molecule has 0 radical (unpaired) electrons. The third-order valence-corrected chi connectivity index (χ3v) is 7.31. The van der Waals surface area contributed by atoms with Crippen LogP contribution in [0.5, 0.6) is 5.75 Å². The molecule has 2 unspecified atom stereocenters. The molecule has 6 nitrogen and oxygen atoms in total. The summed E-state index contributed by atoms with van der Waals surface area (Å²) in [6.45, 7) is 4.01. The fourth-order valence-electron chi connectivity index (χ4n) is 5.54. The molecular formula is C29H31F3N4O2. The van der Waals surface area contributed by atoms with E-state index in [1.54, 1.807) is 16.8 Å². The molecule has 2 aliphatic heterocycles. The second-order valence-corrected chi connectivity index (χ2v) is 9.58. The lowest BCUT2D eigenvalue weighted by atomic mass is 9.84. The average molecular weight is 525 g/mol. The summed E-state index contributed by atoms with van der Waals surface area (Å²) in [7, 11) is 2.10. The van der Waals surface area contributed by atoms with Crippen molar-refractivity contribution in [3.05, 3.63) is 87.7 Å². The molecule has 5 heterocycles. The second-order valence-electron chi connectivity index (χ2n) is 9.58. The van der Waals surface area contributed by atoms with E-state index >= 15 is 0 Å². The number of halogens is 3. The molecule has 9 heteroatoms. The van der Waals surface area contributed by atoms with Crippen molar-refractivity contribution in [3.8, 4) is 11.4 Å². The zero-order chi connectivity index (χ0) is 27.0. The second kappa shape index (κ2) is 10.3. The van der Waals surface area contributed by atoms with Gasteiger partial charge < -0.3 is 14.6 Å². The van der Waals surface area contributed by atoms with E-state index in [0.29, 0.717) is 23.4 Å². The van der Waals surface area contributed by atoms with Crippen molar-refractivity contribution >= 4 is 10.9 Å². The fourth-order valence-corrected chi connectivity index (χ4v) is 5.54. The van der Waals surface area contributed by atoms with E-state index in [9.17, 15) is 18.0 Å². The van der Waals surface area contributed by atoms with Crippen molar-refractivity contribution in [2.45, 2.75) is 64.4 Å². The molecular weight excluding hydrogens is 493 g/mol. The zero-order valence-electron chi connectivity index (χ0n) is 21.7. The third kappa shape index (κ3) is 4.82. The Morgan fingerprint density at radius 1 is 1.11 bits per heavy atom. The van der Waals surface area contributed by atoms with Crippen molar-refractivity contribution < 1.29 is 17.9 Å². The lowest BCUT2D eigenvalue weighted by Gasteiger charge is -2.36. The van der Waals surface area contributed by atoms with Gasteiger partial charge in [-0.15, -0.1) is 0 Å². The van der Waals surface area contributed by atoms with Crippen molar-refractivity contribution in [1.82, 2.24) is 19.4 Å². The Bertz CT molecular complexity index is 1510. The van der Waals surface area contributed by atoms with Gasteiger partial charge in [-0.05, 0) is 49.1 Å². The number of hydrogen-bond donors (Lipinski definition) is 1. The number of alkyl halides is 3. The maximum Gasteiger partial charge on any atom is 0.433 e. The Hall–Kier alpha value is -3.59. The first kappa shape index (κ1) is 26.0. The minimum atomic E-state index is -4.48. The van der Waals surface area contributed by atoms with Crippen molar-refractivity contribution in [3.63, 3.8) is 0 Å². The van der Waals surface area contributed by atoms with Gasteiger partial charge in [-0.25, -0.2) is 0 Å². The van der Waals surface area contributed by atoms with E-state index in [2.05, 4.69) is 28.0 Å². The number of ether oxygens (including phenoxy) is 1. The monoisotopic (exact) mass is 524 g/mol. The molecule has 2 atom stereocenters. The number of pyridine rings is 2. The lowest BCUT2D eigenvalue weighted by molar-refractivity contribution is -0.141. The Labute approximate surface area is 219 Å². The van der Waals surface area contributed by atoms with Crippen LogP contribution in [-0.2, 0) is 26.3 Å². The quantitative estimate of drug-likeness (QED) is 0.351. The topological polar surface area (TPSA) is 61.1 Å². The molecule has 1 N–H and O–H groups in total. The van der Waals surface area contributed by atoms with E-state index < -0.39 is 11.9 Å². The minimum Gasteiger partial charge on any atom is -0.489 e. The highest BCUT2D eigenvalue weighted by Gasteiger charge is 2.34. The highest BCUT2D eigenvalue weighted by molar-refractivity contribution is 5.88. The molecule has 1 aromatic carbocycles. The molecule has 0 amide bonds. The number of piperidine rings is 1. The maximum atomic E-state index is 12.9. The predicted molar refractivity (Wildman–Crippen MR) is 141 cm³/mol. The van der Waals surface area contributed by atoms with Crippen LogP contribution in [0.3, 0.4) is 0 Å². The Morgan fingerprint density at radius 2 is 1.92 bits per heavy atom. The molecule has 1 fully saturated rings. The number of hydrogen-bond acceptors (Lipinski definition) is 4. The van der Waals surface area contributed by atoms with Gasteiger partial charge in [0, 0.05) is 60.7 Å². The van der Waals surface area contributed by atoms with Crippen LogP contribution in [0.15, 0.2) is 59.7 Å². The number of aromatic nitrogens is 3. The summed E-state index contributed by atoms with van der Waals surface area (Å²) < 4.78 is 47.5. The zero-order valence-corrected chi connectivity index (χ0v) is 21.7. The average Bonchev–Trinajstić information content (AvgIpc) is 3.19. The Balaban J connectivity index is 0.00000144. The van der Waals surface area contributed by atoms with Crippen molar-refractivity contribution in [2.75, 3.05) is 0 Å².